The molecule has 3 aromatic rings. The van der Waals surface area contributed by atoms with Gasteiger partial charge in [0.15, 0.2) is 5.78 Å². The molecule has 2 aromatic carbocycles. The van der Waals surface area contributed by atoms with E-state index < -0.39 is 5.91 Å². The molecule has 7 heteroatoms. The van der Waals surface area contributed by atoms with Crippen LogP contribution in [0.1, 0.15) is 38.3 Å². The predicted molar refractivity (Wildman–Crippen MR) is 111 cm³/mol. The van der Waals surface area contributed by atoms with E-state index >= 15 is 0 Å². The summed E-state index contributed by atoms with van der Waals surface area (Å²) in [7, 11) is 0. The Morgan fingerprint density at radius 2 is 1.93 bits per heavy atom. The van der Waals surface area contributed by atoms with E-state index in [4.69, 9.17) is 15.2 Å². The Labute approximate surface area is 175 Å². The van der Waals surface area contributed by atoms with Crippen molar-refractivity contribution in [2.24, 2.45) is 5.73 Å². The molecule has 0 aliphatic carbocycles. The van der Waals surface area contributed by atoms with E-state index in [9.17, 15) is 9.59 Å². The largest absolute Gasteiger partial charge is 0.491 e. The minimum absolute atomic E-state index is 0.0565. The van der Waals surface area contributed by atoms with Crippen LogP contribution in [0.3, 0.4) is 0 Å². The molecule has 0 atom stereocenters. The maximum Gasteiger partial charge on any atom is 0.248 e. The van der Waals surface area contributed by atoms with Crippen LogP contribution in [0.25, 0.3) is 0 Å². The molecule has 0 saturated carbocycles. The lowest BCUT2D eigenvalue weighted by Gasteiger charge is -2.19. The van der Waals surface area contributed by atoms with Crippen LogP contribution in [0.4, 0.5) is 0 Å². The van der Waals surface area contributed by atoms with E-state index in [1.165, 1.54) is 0 Å². The number of halogens is 1. The molecule has 1 aromatic heterocycles. The first-order valence-corrected chi connectivity index (χ1v) is 9.80. The number of hydrogen-bond acceptors (Lipinski definition) is 5. The SMILES string of the molecule is NC(=O)c1ccc(Cc2ccnc(Oc3ccc4c(c3Br)OCCC4=O)c2)cc1. The zero-order chi connectivity index (χ0) is 20.4. The van der Waals surface area contributed by atoms with Crippen molar-refractivity contribution in [3.63, 3.8) is 0 Å². The van der Waals surface area contributed by atoms with Crippen molar-refractivity contribution < 1.29 is 19.1 Å². The highest BCUT2D eigenvalue weighted by Gasteiger charge is 2.23. The van der Waals surface area contributed by atoms with Crippen molar-refractivity contribution >= 4 is 27.6 Å². The second-order valence-electron chi connectivity index (χ2n) is 6.62. The zero-order valence-corrected chi connectivity index (χ0v) is 16.9. The van der Waals surface area contributed by atoms with Gasteiger partial charge < -0.3 is 15.2 Å². The summed E-state index contributed by atoms with van der Waals surface area (Å²) in [6.07, 6.45) is 2.71. The van der Waals surface area contributed by atoms with Gasteiger partial charge in [0.1, 0.15) is 16.0 Å². The summed E-state index contributed by atoms with van der Waals surface area (Å²) in [6, 6.07) is 14.3. The topological polar surface area (TPSA) is 91.5 Å². The van der Waals surface area contributed by atoms with E-state index in [-0.39, 0.29) is 5.78 Å². The number of ether oxygens (including phenoxy) is 2. The monoisotopic (exact) mass is 452 g/mol. The number of benzene rings is 2. The minimum Gasteiger partial charge on any atom is -0.491 e. The molecule has 0 unspecified atom stereocenters. The van der Waals surface area contributed by atoms with Crippen LogP contribution in [0.5, 0.6) is 17.4 Å². The van der Waals surface area contributed by atoms with Crippen LogP contribution in [-0.4, -0.2) is 23.3 Å². The molecular weight excluding hydrogens is 436 g/mol. The van der Waals surface area contributed by atoms with E-state index in [2.05, 4.69) is 20.9 Å². The number of nitrogens with zero attached hydrogens (tertiary/aromatic N) is 1. The number of aromatic nitrogens is 1. The van der Waals surface area contributed by atoms with E-state index in [1.54, 1.807) is 30.5 Å². The van der Waals surface area contributed by atoms with Gasteiger partial charge in [0.25, 0.3) is 0 Å². The Hall–Kier alpha value is -3.19. The predicted octanol–water partition coefficient (Wildman–Crippen LogP) is 4.29. The number of pyridine rings is 1. The van der Waals surface area contributed by atoms with Crippen LogP contribution in [0.2, 0.25) is 0 Å². The molecule has 0 fully saturated rings. The number of amides is 1. The number of fused-ring (bicyclic) bond motifs is 1. The molecule has 1 aliphatic rings. The summed E-state index contributed by atoms with van der Waals surface area (Å²) in [5.74, 6) is 1.07. The fourth-order valence-corrected chi connectivity index (χ4v) is 3.65. The van der Waals surface area contributed by atoms with E-state index in [1.807, 2.05) is 24.3 Å². The average Bonchev–Trinajstić information content (AvgIpc) is 2.71. The van der Waals surface area contributed by atoms with Gasteiger partial charge in [-0.2, -0.15) is 0 Å². The Balaban J connectivity index is 1.54. The quantitative estimate of drug-likeness (QED) is 0.623. The van der Waals surface area contributed by atoms with Gasteiger partial charge in [-0.3, -0.25) is 9.59 Å². The fraction of sp³-hybridized carbons (Fsp3) is 0.136. The smallest absolute Gasteiger partial charge is 0.248 e. The highest BCUT2D eigenvalue weighted by molar-refractivity contribution is 9.10. The summed E-state index contributed by atoms with van der Waals surface area (Å²) < 4.78 is 12.2. The highest BCUT2D eigenvalue weighted by atomic mass is 79.9. The second kappa shape index (κ2) is 8.05. The number of Topliss-reactive ketones (excluding diaryl/α,β-unsaturated/α-hetero) is 1. The standard InChI is InChI=1S/C22H17BrN2O4/c23-20-18(6-5-16-17(26)8-10-28-21(16)20)29-19-12-14(7-9-25-19)11-13-1-3-15(4-2-13)22(24)27/h1-7,9,12H,8,10-11H2,(H2,24,27). The summed E-state index contributed by atoms with van der Waals surface area (Å²) in [5, 5.41) is 0. The molecule has 2 heterocycles. The van der Waals surface area contributed by atoms with Crippen molar-refractivity contribution in [1.82, 2.24) is 4.98 Å². The average molecular weight is 453 g/mol. The molecule has 29 heavy (non-hydrogen) atoms. The molecule has 4 rings (SSSR count). The van der Waals surface area contributed by atoms with E-state index in [0.29, 0.717) is 52.4 Å². The van der Waals surface area contributed by atoms with Gasteiger partial charge in [-0.1, -0.05) is 12.1 Å². The number of primary amides is 1. The normalized spacial score (nSPS) is 12.8. The molecule has 0 radical (unpaired) electrons. The molecule has 0 bridgehead atoms. The van der Waals surface area contributed by atoms with Crippen LogP contribution in [-0.2, 0) is 6.42 Å². The third-order valence-electron chi connectivity index (χ3n) is 4.60. The molecule has 1 aliphatic heterocycles. The summed E-state index contributed by atoms with van der Waals surface area (Å²) in [4.78, 5) is 27.5. The first-order valence-electron chi connectivity index (χ1n) is 9.01. The van der Waals surface area contributed by atoms with Crippen LogP contribution >= 0.6 is 15.9 Å². The van der Waals surface area contributed by atoms with Gasteiger partial charge in [0, 0.05) is 24.2 Å². The highest BCUT2D eigenvalue weighted by Crippen LogP contribution is 2.41. The molecule has 0 spiro atoms. The lowest BCUT2D eigenvalue weighted by atomic mass is 10.0. The first kappa shape index (κ1) is 19.1. The maximum atomic E-state index is 12.0. The molecular formula is C22H17BrN2O4. The van der Waals surface area contributed by atoms with Gasteiger partial charge in [-0.05, 0) is 63.8 Å². The zero-order valence-electron chi connectivity index (χ0n) is 15.4. The molecule has 0 saturated heterocycles. The van der Waals surface area contributed by atoms with Gasteiger partial charge in [-0.25, -0.2) is 4.98 Å². The van der Waals surface area contributed by atoms with Crippen molar-refractivity contribution in [2.45, 2.75) is 12.8 Å². The molecule has 146 valence electrons. The first-order chi connectivity index (χ1) is 14.0. The Morgan fingerprint density at radius 3 is 2.69 bits per heavy atom. The summed E-state index contributed by atoms with van der Waals surface area (Å²) in [6.45, 7) is 0.357. The van der Waals surface area contributed by atoms with Crippen LogP contribution in [0, 0.1) is 0 Å². The van der Waals surface area contributed by atoms with Crippen LogP contribution in [0.15, 0.2) is 59.2 Å². The summed E-state index contributed by atoms with van der Waals surface area (Å²) in [5.41, 5.74) is 8.34. The molecule has 2 N–H and O–H groups in total. The molecule has 6 nitrogen and oxygen atoms in total. The summed E-state index contributed by atoms with van der Waals surface area (Å²) >= 11 is 3.47. The third-order valence-corrected chi connectivity index (χ3v) is 5.35. The number of rotatable bonds is 5. The van der Waals surface area contributed by atoms with Gasteiger partial charge in [0.05, 0.1) is 12.2 Å². The molecule has 1 amide bonds. The van der Waals surface area contributed by atoms with Crippen LogP contribution < -0.4 is 15.2 Å². The van der Waals surface area contributed by atoms with Gasteiger partial charge >= 0.3 is 0 Å². The second-order valence-corrected chi connectivity index (χ2v) is 7.41. The Bertz CT molecular complexity index is 1100. The number of carbonyl (C=O) groups is 2. The van der Waals surface area contributed by atoms with Gasteiger partial charge in [0.2, 0.25) is 11.8 Å². The van der Waals surface area contributed by atoms with Crippen molar-refractivity contribution in [3.05, 3.63) is 81.5 Å². The Morgan fingerprint density at radius 1 is 1.14 bits per heavy atom. The van der Waals surface area contributed by atoms with Crippen molar-refractivity contribution in [1.29, 1.82) is 0 Å². The number of hydrogen-bond donors (Lipinski definition) is 1. The minimum atomic E-state index is -0.447. The third kappa shape index (κ3) is 4.14. The van der Waals surface area contributed by atoms with Gasteiger partial charge in [-0.15, -0.1) is 0 Å². The van der Waals surface area contributed by atoms with E-state index in [0.717, 1.165) is 11.1 Å². The van der Waals surface area contributed by atoms with Crippen molar-refractivity contribution in [3.8, 4) is 17.4 Å². The Kier molecular flexibility index (Phi) is 5.31. The number of nitrogens with two attached hydrogens (primary N) is 1. The lowest BCUT2D eigenvalue weighted by Crippen LogP contribution is -2.15. The number of ketones is 1. The lowest BCUT2D eigenvalue weighted by molar-refractivity contribution is 0.0931. The van der Waals surface area contributed by atoms with Crippen molar-refractivity contribution in [2.75, 3.05) is 6.61 Å². The number of carbonyl (C=O) groups excluding carboxylic acids is 2. The maximum absolute atomic E-state index is 12.0. The fourth-order valence-electron chi connectivity index (χ4n) is 3.11.